The molecule has 2 amide bonds. The predicted octanol–water partition coefficient (Wildman–Crippen LogP) is 2.62. The fourth-order valence-corrected chi connectivity index (χ4v) is 3.46. The summed E-state index contributed by atoms with van der Waals surface area (Å²) in [5.74, 6) is 0. The van der Waals surface area contributed by atoms with E-state index >= 15 is 0 Å². The van der Waals surface area contributed by atoms with Crippen molar-refractivity contribution in [3.63, 3.8) is 0 Å². The summed E-state index contributed by atoms with van der Waals surface area (Å²) in [5, 5.41) is 16.9. The Hall–Kier alpha value is -2.01. The lowest BCUT2D eigenvalue weighted by Crippen LogP contribution is -2.49. The maximum absolute atomic E-state index is 12.0. The van der Waals surface area contributed by atoms with Crippen molar-refractivity contribution in [3.8, 4) is 0 Å². The maximum atomic E-state index is 12.0. The van der Waals surface area contributed by atoms with Gasteiger partial charge < -0.3 is 20.7 Å². The zero-order valence-electron chi connectivity index (χ0n) is 13.6. The van der Waals surface area contributed by atoms with Gasteiger partial charge in [-0.05, 0) is 37.8 Å². The van der Waals surface area contributed by atoms with Crippen LogP contribution < -0.4 is 10.6 Å². The van der Waals surface area contributed by atoms with Crippen LogP contribution in [0.25, 0.3) is 10.9 Å². The Kier molecular flexibility index (Phi) is 4.86. The van der Waals surface area contributed by atoms with E-state index in [9.17, 15) is 9.90 Å². The van der Waals surface area contributed by atoms with Crippen molar-refractivity contribution in [1.29, 1.82) is 0 Å². The van der Waals surface area contributed by atoms with Crippen LogP contribution in [0.1, 0.15) is 36.9 Å². The minimum Gasteiger partial charge on any atom is -0.391 e. The quantitative estimate of drug-likeness (QED) is 0.700. The van der Waals surface area contributed by atoms with Gasteiger partial charge in [0.1, 0.15) is 0 Å². The summed E-state index contributed by atoms with van der Waals surface area (Å²) < 4.78 is 0. The average Bonchev–Trinajstić information content (AvgIpc) is 2.86. The molecule has 23 heavy (non-hydrogen) atoms. The second kappa shape index (κ2) is 7.04. The fourth-order valence-electron chi connectivity index (χ4n) is 3.46. The zero-order valence-corrected chi connectivity index (χ0v) is 13.6. The Morgan fingerprint density at radius 3 is 2.91 bits per heavy atom. The standard InChI is InChI=1S/C18H25N3O2/c1-12-13(14-6-2-3-7-15(14)20-12)10-11-19-18(23)21-16-8-4-5-9-17(16)22/h2-3,6-7,16-17,20,22H,4-5,8-11H2,1H3,(H2,19,21,23). The van der Waals surface area contributed by atoms with E-state index in [1.54, 1.807) is 0 Å². The van der Waals surface area contributed by atoms with Crippen LogP contribution in [0.2, 0.25) is 0 Å². The number of aryl methyl sites for hydroxylation is 1. The first kappa shape index (κ1) is 15.9. The Morgan fingerprint density at radius 2 is 2.09 bits per heavy atom. The summed E-state index contributed by atoms with van der Waals surface area (Å²) in [5.41, 5.74) is 3.53. The number of nitrogens with one attached hydrogen (secondary N) is 3. The number of fused-ring (bicyclic) bond motifs is 1. The number of amides is 2. The summed E-state index contributed by atoms with van der Waals surface area (Å²) in [6.45, 7) is 2.64. The summed E-state index contributed by atoms with van der Waals surface area (Å²) in [7, 11) is 0. The number of aliphatic hydroxyl groups is 1. The summed E-state index contributed by atoms with van der Waals surface area (Å²) in [4.78, 5) is 15.4. The van der Waals surface area contributed by atoms with E-state index in [-0.39, 0.29) is 12.1 Å². The molecule has 1 saturated carbocycles. The van der Waals surface area contributed by atoms with Gasteiger partial charge in [-0.1, -0.05) is 31.0 Å². The lowest BCUT2D eigenvalue weighted by atomic mass is 9.93. The molecule has 1 aromatic heterocycles. The molecule has 2 unspecified atom stereocenters. The predicted molar refractivity (Wildman–Crippen MR) is 91.5 cm³/mol. The van der Waals surface area contributed by atoms with E-state index in [1.807, 2.05) is 12.1 Å². The van der Waals surface area contributed by atoms with Crippen LogP contribution in [0, 0.1) is 6.92 Å². The van der Waals surface area contributed by atoms with Gasteiger partial charge in [-0.15, -0.1) is 0 Å². The zero-order chi connectivity index (χ0) is 16.2. The molecule has 0 radical (unpaired) electrons. The van der Waals surface area contributed by atoms with E-state index in [4.69, 9.17) is 0 Å². The highest BCUT2D eigenvalue weighted by molar-refractivity contribution is 5.84. The molecule has 1 aliphatic carbocycles. The second-order valence-corrected chi connectivity index (χ2v) is 6.38. The normalized spacial score (nSPS) is 21.3. The molecule has 5 nitrogen and oxygen atoms in total. The van der Waals surface area contributed by atoms with Gasteiger partial charge in [-0.25, -0.2) is 4.79 Å². The van der Waals surface area contributed by atoms with E-state index < -0.39 is 6.10 Å². The van der Waals surface area contributed by atoms with Gasteiger partial charge in [-0.2, -0.15) is 0 Å². The van der Waals surface area contributed by atoms with Crippen LogP contribution in [0.3, 0.4) is 0 Å². The molecule has 5 heteroatoms. The number of hydrogen-bond donors (Lipinski definition) is 4. The number of carbonyl (C=O) groups excluding carboxylic acids is 1. The summed E-state index contributed by atoms with van der Waals surface area (Å²) in [6, 6.07) is 7.92. The average molecular weight is 315 g/mol. The van der Waals surface area contributed by atoms with Crippen LogP contribution in [-0.2, 0) is 6.42 Å². The van der Waals surface area contributed by atoms with Gasteiger partial charge in [0.05, 0.1) is 12.1 Å². The molecule has 1 aromatic carbocycles. The number of urea groups is 1. The third kappa shape index (κ3) is 3.67. The highest BCUT2D eigenvalue weighted by Crippen LogP contribution is 2.22. The van der Waals surface area contributed by atoms with Gasteiger partial charge in [-0.3, -0.25) is 0 Å². The van der Waals surface area contributed by atoms with Crippen molar-refractivity contribution in [3.05, 3.63) is 35.5 Å². The Labute approximate surface area is 136 Å². The van der Waals surface area contributed by atoms with Crippen LogP contribution in [0.15, 0.2) is 24.3 Å². The molecule has 2 aromatic rings. The van der Waals surface area contributed by atoms with Crippen molar-refractivity contribution in [1.82, 2.24) is 15.6 Å². The van der Waals surface area contributed by atoms with E-state index in [0.717, 1.165) is 43.3 Å². The third-order valence-electron chi connectivity index (χ3n) is 4.73. The first-order valence-corrected chi connectivity index (χ1v) is 8.44. The molecule has 0 spiro atoms. The number of benzene rings is 1. The van der Waals surface area contributed by atoms with Crippen LogP contribution in [0.5, 0.6) is 0 Å². The van der Waals surface area contributed by atoms with Crippen LogP contribution in [0.4, 0.5) is 4.79 Å². The van der Waals surface area contributed by atoms with Crippen LogP contribution >= 0.6 is 0 Å². The fraction of sp³-hybridized carbons (Fsp3) is 0.500. The number of aromatic amines is 1. The molecule has 4 N–H and O–H groups in total. The summed E-state index contributed by atoms with van der Waals surface area (Å²) >= 11 is 0. The number of aromatic nitrogens is 1. The minimum absolute atomic E-state index is 0.112. The number of para-hydroxylation sites is 1. The minimum atomic E-state index is -0.412. The van der Waals surface area contributed by atoms with Crippen molar-refractivity contribution >= 4 is 16.9 Å². The first-order chi connectivity index (χ1) is 11.1. The molecular weight excluding hydrogens is 290 g/mol. The van der Waals surface area contributed by atoms with Gasteiger partial charge in [0.15, 0.2) is 0 Å². The second-order valence-electron chi connectivity index (χ2n) is 6.38. The van der Waals surface area contributed by atoms with Crippen molar-refractivity contribution in [2.24, 2.45) is 0 Å². The Morgan fingerprint density at radius 1 is 1.30 bits per heavy atom. The molecule has 1 heterocycles. The molecule has 0 bridgehead atoms. The van der Waals surface area contributed by atoms with Crippen molar-refractivity contribution in [2.45, 2.75) is 51.2 Å². The first-order valence-electron chi connectivity index (χ1n) is 8.44. The molecule has 0 aliphatic heterocycles. The summed E-state index contributed by atoms with van der Waals surface area (Å²) in [6.07, 6.45) is 4.12. The topological polar surface area (TPSA) is 77.2 Å². The maximum Gasteiger partial charge on any atom is 0.315 e. The molecular formula is C18H25N3O2. The van der Waals surface area contributed by atoms with Gasteiger partial charge in [0, 0.05) is 23.1 Å². The molecule has 0 saturated heterocycles. The van der Waals surface area contributed by atoms with E-state index in [1.165, 1.54) is 10.9 Å². The number of rotatable bonds is 4. The lowest BCUT2D eigenvalue weighted by molar-refractivity contribution is 0.0943. The number of aliphatic hydroxyl groups excluding tert-OH is 1. The smallest absolute Gasteiger partial charge is 0.315 e. The van der Waals surface area contributed by atoms with Gasteiger partial charge in [0.2, 0.25) is 0 Å². The third-order valence-corrected chi connectivity index (χ3v) is 4.73. The van der Waals surface area contributed by atoms with Crippen molar-refractivity contribution in [2.75, 3.05) is 6.54 Å². The Balaban J connectivity index is 1.52. The van der Waals surface area contributed by atoms with E-state index in [2.05, 4.69) is 34.7 Å². The molecule has 3 rings (SSSR count). The highest BCUT2D eigenvalue weighted by atomic mass is 16.3. The lowest BCUT2D eigenvalue weighted by Gasteiger charge is -2.28. The molecule has 124 valence electrons. The SMILES string of the molecule is Cc1[nH]c2ccccc2c1CCNC(=O)NC1CCCCC1O. The number of carbonyl (C=O) groups is 1. The molecule has 2 atom stereocenters. The van der Waals surface area contributed by atoms with Crippen LogP contribution in [-0.4, -0.2) is 34.8 Å². The molecule has 1 aliphatic rings. The van der Waals surface area contributed by atoms with Gasteiger partial charge >= 0.3 is 6.03 Å². The van der Waals surface area contributed by atoms with Crippen molar-refractivity contribution < 1.29 is 9.90 Å². The van der Waals surface area contributed by atoms with Gasteiger partial charge in [0.25, 0.3) is 0 Å². The van der Waals surface area contributed by atoms with E-state index in [0.29, 0.717) is 6.54 Å². The molecule has 1 fully saturated rings. The monoisotopic (exact) mass is 315 g/mol. The largest absolute Gasteiger partial charge is 0.391 e. The highest BCUT2D eigenvalue weighted by Gasteiger charge is 2.24. The number of H-pyrrole nitrogens is 1. The Bertz CT molecular complexity index is 680. The number of hydrogen-bond acceptors (Lipinski definition) is 2.